The van der Waals surface area contributed by atoms with Gasteiger partial charge in [-0.1, -0.05) is 48.9 Å². The number of thiazole rings is 1. The lowest BCUT2D eigenvalue weighted by Gasteiger charge is -2.42. The smallest absolute Gasteiger partial charge is 0.416 e. The van der Waals surface area contributed by atoms with Crippen LogP contribution in [0, 0.1) is 12.8 Å². The first-order chi connectivity index (χ1) is 17.2. The highest BCUT2D eigenvalue weighted by molar-refractivity contribution is 7.22. The molecule has 2 aromatic carbocycles. The zero-order chi connectivity index (χ0) is 27.1. The molecule has 1 aromatic heterocycles. The third-order valence-corrected chi connectivity index (χ3v) is 8.12. The van der Waals surface area contributed by atoms with E-state index in [-0.39, 0.29) is 6.04 Å². The lowest BCUT2D eigenvalue weighted by Crippen LogP contribution is -2.53. The average Bonchev–Trinajstić information content (AvgIpc) is 3.21. The predicted molar refractivity (Wildman–Crippen MR) is 142 cm³/mol. The number of rotatable bonds is 7. The van der Waals surface area contributed by atoms with Crippen LogP contribution in [0.4, 0.5) is 18.3 Å². The first-order valence-electron chi connectivity index (χ1n) is 12.5. The van der Waals surface area contributed by atoms with Gasteiger partial charge < -0.3 is 10.0 Å². The van der Waals surface area contributed by atoms with Crippen LogP contribution < -0.4 is 4.90 Å². The number of hydrogen-bond acceptors (Lipinski definition) is 5. The summed E-state index contributed by atoms with van der Waals surface area (Å²) in [5.74, 6) is -0.409. The Morgan fingerprint density at radius 2 is 1.86 bits per heavy atom. The molecule has 1 aliphatic heterocycles. The van der Waals surface area contributed by atoms with Crippen molar-refractivity contribution in [2.75, 3.05) is 24.5 Å². The first-order valence-corrected chi connectivity index (χ1v) is 13.4. The normalized spacial score (nSPS) is 17.6. The van der Waals surface area contributed by atoms with Crippen LogP contribution in [0.2, 0.25) is 0 Å². The van der Waals surface area contributed by atoms with Crippen molar-refractivity contribution in [1.82, 2.24) is 9.88 Å². The second-order valence-electron chi connectivity index (χ2n) is 11.0. The molecule has 1 atom stereocenters. The molecular formula is C28H34F3N3O2S. The molecule has 0 unspecified atom stereocenters. The second kappa shape index (κ2) is 10.3. The van der Waals surface area contributed by atoms with Crippen molar-refractivity contribution in [2.24, 2.45) is 5.92 Å². The molecule has 0 saturated carbocycles. The Bertz CT molecular complexity index is 1290. The lowest BCUT2D eigenvalue weighted by molar-refractivity contribution is -0.142. The van der Waals surface area contributed by atoms with Gasteiger partial charge in [-0.2, -0.15) is 13.2 Å². The summed E-state index contributed by atoms with van der Waals surface area (Å²) in [6.07, 6.45) is -3.44. The van der Waals surface area contributed by atoms with Crippen LogP contribution in [0.15, 0.2) is 36.4 Å². The van der Waals surface area contributed by atoms with E-state index in [0.29, 0.717) is 22.7 Å². The summed E-state index contributed by atoms with van der Waals surface area (Å²) in [4.78, 5) is 21.1. The van der Waals surface area contributed by atoms with Crippen LogP contribution in [0.3, 0.4) is 0 Å². The molecule has 5 nitrogen and oxygen atoms in total. The van der Waals surface area contributed by atoms with Crippen molar-refractivity contribution in [1.29, 1.82) is 0 Å². The number of carboxylic acids is 1. The molecule has 1 N–H and O–H groups in total. The maximum absolute atomic E-state index is 13.2. The van der Waals surface area contributed by atoms with E-state index in [9.17, 15) is 23.1 Å². The van der Waals surface area contributed by atoms with E-state index in [4.69, 9.17) is 4.98 Å². The van der Waals surface area contributed by atoms with Crippen molar-refractivity contribution >= 4 is 32.7 Å². The summed E-state index contributed by atoms with van der Waals surface area (Å²) in [6.45, 7) is 12.8. The van der Waals surface area contributed by atoms with E-state index in [0.717, 1.165) is 53.9 Å². The minimum absolute atomic E-state index is 0.177. The molecule has 37 heavy (non-hydrogen) atoms. The molecule has 0 spiro atoms. The van der Waals surface area contributed by atoms with E-state index >= 15 is 0 Å². The van der Waals surface area contributed by atoms with Gasteiger partial charge in [0, 0.05) is 32.2 Å². The Morgan fingerprint density at radius 1 is 1.14 bits per heavy atom. The van der Waals surface area contributed by atoms with E-state index in [1.54, 1.807) is 13.8 Å². The molecule has 1 aliphatic rings. The van der Waals surface area contributed by atoms with Crippen molar-refractivity contribution in [2.45, 2.75) is 65.2 Å². The largest absolute Gasteiger partial charge is 0.481 e. The zero-order valence-corrected chi connectivity index (χ0v) is 22.7. The number of carbonyl (C=O) groups is 1. The number of alkyl halides is 3. The predicted octanol–water partition coefficient (Wildman–Crippen LogP) is 6.72. The number of aromatic nitrogens is 1. The van der Waals surface area contributed by atoms with E-state index in [1.165, 1.54) is 23.5 Å². The van der Waals surface area contributed by atoms with Crippen molar-refractivity contribution < 1.29 is 23.1 Å². The number of nitrogens with zero attached hydrogens (tertiary/aromatic N) is 3. The second-order valence-corrected chi connectivity index (χ2v) is 12.0. The third-order valence-electron chi connectivity index (χ3n) is 7.06. The number of carboxylic acid groups (broad SMARTS) is 1. The monoisotopic (exact) mass is 533 g/mol. The number of halogens is 3. The molecule has 0 amide bonds. The van der Waals surface area contributed by atoms with Crippen molar-refractivity contribution in [3.8, 4) is 0 Å². The quantitative estimate of drug-likeness (QED) is 0.365. The third kappa shape index (κ3) is 6.09. The highest BCUT2D eigenvalue weighted by Gasteiger charge is 2.33. The summed E-state index contributed by atoms with van der Waals surface area (Å²) < 4.78 is 40.1. The number of benzene rings is 2. The zero-order valence-electron chi connectivity index (χ0n) is 21.9. The number of aliphatic carboxylic acids is 1. The van der Waals surface area contributed by atoms with Gasteiger partial charge in [-0.3, -0.25) is 9.69 Å². The van der Waals surface area contributed by atoms with Crippen LogP contribution in [-0.4, -0.2) is 46.6 Å². The molecular weight excluding hydrogens is 499 g/mol. The summed E-state index contributed by atoms with van der Waals surface area (Å²) in [6, 6.07) is 9.97. The number of hydrogen-bond donors (Lipinski definition) is 1. The van der Waals surface area contributed by atoms with Crippen molar-refractivity contribution in [3.63, 3.8) is 0 Å². The fourth-order valence-electron chi connectivity index (χ4n) is 4.97. The van der Waals surface area contributed by atoms with Gasteiger partial charge in [0.2, 0.25) is 0 Å². The first kappa shape index (κ1) is 27.4. The Hall–Kier alpha value is -2.65. The van der Waals surface area contributed by atoms with Gasteiger partial charge in [0.25, 0.3) is 0 Å². The van der Waals surface area contributed by atoms with Crippen LogP contribution in [-0.2, 0) is 22.9 Å². The molecule has 1 fully saturated rings. The number of fused-ring (bicyclic) bond motifs is 1. The molecule has 9 heteroatoms. The molecule has 4 rings (SSSR count). The summed E-state index contributed by atoms with van der Waals surface area (Å²) in [5, 5.41) is 10.4. The van der Waals surface area contributed by atoms with Gasteiger partial charge in [-0.05, 0) is 62.4 Å². The highest BCUT2D eigenvalue weighted by Crippen LogP contribution is 2.37. The molecule has 0 bridgehead atoms. The van der Waals surface area contributed by atoms with Gasteiger partial charge >= 0.3 is 12.1 Å². The summed E-state index contributed by atoms with van der Waals surface area (Å²) in [5.41, 5.74) is 1.88. The van der Waals surface area contributed by atoms with Gasteiger partial charge in [0.15, 0.2) is 5.13 Å². The highest BCUT2D eigenvalue weighted by atomic mass is 32.1. The Morgan fingerprint density at radius 3 is 2.51 bits per heavy atom. The minimum Gasteiger partial charge on any atom is -0.481 e. The topological polar surface area (TPSA) is 56.7 Å². The van der Waals surface area contributed by atoms with Crippen LogP contribution >= 0.6 is 11.3 Å². The number of piperazine rings is 1. The van der Waals surface area contributed by atoms with Crippen molar-refractivity contribution in [3.05, 3.63) is 58.7 Å². The van der Waals surface area contributed by atoms with Crippen LogP contribution in [0.5, 0.6) is 0 Å². The Labute approximate surface area is 219 Å². The number of anilines is 1. The Kier molecular flexibility index (Phi) is 7.59. The fourth-order valence-corrected chi connectivity index (χ4v) is 6.07. The van der Waals surface area contributed by atoms with Crippen LogP contribution in [0.25, 0.3) is 10.2 Å². The maximum Gasteiger partial charge on any atom is 0.416 e. The molecule has 3 aromatic rings. The van der Waals surface area contributed by atoms with Gasteiger partial charge in [0.1, 0.15) is 0 Å². The van der Waals surface area contributed by atoms with E-state index in [2.05, 4.69) is 29.7 Å². The van der Waals surface area contributed by atoms with Gasteiger partial charge in [-0.15, -0.1) is 0 Å². The summed E-state index contributed by atoms with van der Waals surface area (Å²) in [7, 11) is 0. The Balaban J connectivity index is 1.56. The summed E-state index contributed by atoms with van der Waals surface area (Å²) >= 11 is 1.32. The maximum atomic E-state index is 13.2. The molecule has 0 aliphatic carbocycles. The molecule has 2 heterocycles. The lowest BCUT2D eigenvalue weighted by atomic mass is 9.83. The van der Waals surface area contributed by atoms with E-state index < -0.39 is 23.1 Å². The SMILES string of the molecule is Cc1cc(CN2CCN(c3nc4ccc(C(F)(F)F)cc4s3)[C@H](CC(C)C)C2)cc(C(C)(C)C(=O)O)c1. The van der Waals surface area contributed by atoms with E-state index in [1.807, 2.05) is 19.1 Å². The van der Waals surface area contributed by atoms with Gasteiger partial charge in [0.05, 0.1) is 21.2 Å². The standard InChI is InChI=1S/C28H34F3N3O2S/c1-17(2)10-22-16-33(15-19-11-18(3)12-21(13-19)27(4,5)25(35)36)8-9-34(22)26-32-23-7-6-20(28(29,30)31)14-24(23)37-26/h6-7,11-14,17,22H,8-10,15-16H2,1-5H3,(H,35,36)/t22-/m1/s1. The fraction of sp³-hybridized carbons (Fsp3) is 0.500. The molecule has 0 radical (unpaired) electrons. The number of aryl methyl sites for hydroxylation is 1. The molecule has 1 saturated heterocycles. The average molecular weight is 534 g/mol. The molecule has 200 valence electrons. The van der Waals surface area contributed by atoms with Gasteiger partial charge in [-0.25, -0.2) is 4.98 Å². The minimum atomic E-state index is -4.38. The van der Waals surface area contributed by atoms with Crippen LogP contribution in [0.1, 0.15) is 56.4 Å².